The molecule has 1 aliphatic carbocycles. The van der Waals surface area contributed by atoms with Crippen molar-refractivity contribution in [3.8, 4) is 11.5 Å². The fraction of sp³-hybridized carbons (Fsp3) is 0.308. The molecule has 4 rings (SSSR count). The summed E-state index contributed by atoms with van der Waals surface area (Å²) in [5, 5.41) is 5.81. The van der Waals surface area contributed by atoms with E-state index in [1.807, 2.05) is 0 Å². The molecule has 0 aliphatic heterocycles. The van der Waals surface area contributed by atoms with Crippen LogP contribution in [0.3, 0.4) is 0 Å². The van der Waals surface area contributed by atoms with Gasteiger partial charge in [0.05, 0.1) is 22.4 Å². The number of amides is 2. The monoisotopic (exact) mass is 527 g/mol. The van der Waals surface area contributed by atoms with E-state index in [0.29, 0.717) is 16.5 Å². The van der Waals surface area contributed by atoms with E-state index >= 15 is 0 Å². The highest BCUT2D eigenvalue weighted by Gasteiger charge is 2.24. The van der Waals surface area contributed by atoms with E-state index < -0.39 is 18.5 Å². The van der Waals surface area contributed by atoms with Crippen molar-refractivity contribution in [2.75, 3.05) is 23.9 Å². The Kier molecular flexibility index (Phi) is 8.86. The van der Waals surface area contributed by atoms with Gasteiger partial charge in [0.15, 0.2) is 5.69 Å². The van der Waals surface area contributed by atoms with Gasteiger partial charge in [-0.25, -0.2) is 14.4 Å². The van der Waals surface area contributed by atoms with Crippen LogP contribution in [0.15, 0.2) is 54.9 Å². The first kappa shape index (κ1) is 26.3. The molecule has 2 aromatic heterocycles. The number of nitrogens with two attached hydrogens (primary N) is 1. The largest absolute Gasteiger partial charge is 0.491 e. The summed E-state index contributed by atoms with van der Waals surface area (Å²) in [5.41, 5.74) is 6.44. The molecule has 194 valence electrons. The molecule has 1 saturated carbocycles. The Morgan fingerprint density at radius 3 is 2.59 bits per heavy atom. The van der Waals surface area contributed by atoms with Crippen LogP contribution in [0.25, 0.3) is 0 Å². The lowest BCUT2D eigenvalue weighted by atomic mass is 9.93. The van der Waals surface area contributed by atoms with Crippen molar-refractivity contribution in [3.63, 3.8) is 0 Å². The van der Waals surface area contributed by atoms with Crippen molar-refractivity contribution < 1.29 is 23.5 Å². The van der Waals surface area contributed by atoms with Gasteiger partial charge in [0, 0.05) is 24.5 Å². The van der Waals surface area contributed by atoms with Crippen LogP contribution >= 0.6 is 11.6 Å². The van der Waals surface area contributed by atoms with Crippen LogP contribution in [0.1, 0.15) is 46.5 Å². The number of benzene rings is 1. The molecule has 0 bridgehead atoms. The van der Waals surface area contributed by atoms with Crippen LogP contribution in [-0.4, -0.2) is 47.2 Å². The summed E-state index contributed by atoms with van der Waals surface area (Å²) in [7, 11) is 0. The number of hydrogen-bond acceptors (Lipinski definition) is 7. The normalized spacial score (nSPS) is 17.1. The van der Waals surface area contributed by atoms with E-state index in [1.165, 1.54) is 12.4 Å². The van der Waals surface area contributed by atoms with Crippen molar-refractivity contribution >= 4 is 34.9 Å². The number of pyridine rings is 2. The van der Waals surface area contributed by atoms with Crippen LogP contribution in [0, 0.1) is 0 Å². The van der Waals surface area contributed by atoms with Crippen LogP contribution in [0.5, 0.6) is 11.5 Å². The molecule has 2 heterocycles. The molecule has 0 spiro atoms. The molecular formula is C26H27ClFN5O4. The molecule has 1 fully saturated rings. The first-order valence-electron chi connectivity index (χ1n) is 11.9. The molecule has 0 saturated heterocycles. The molecule has 37 heavy (non-hydrogen) atoms. The minimum atomic E-state index is -0.643. The van der Waals surface area contributed by atoms with Crippen molar-refractivity contribution in [1.82, 2.24) is 9.97 Å². The second-order valence-electron chi connectivity index (χ2n) is 8.52. The fourth-order valence-corrected chi connectivity index (χ4v) is 4.03. The van der Waals surface area contributed by atoms with Gasteiger partial charge in [0.2, 0.25) is 0 Å². The summed E-state index contributed by atoms with van der Waals surface area (Å²) in [6, 6.07) is 11.1. The SMILES string of the molecule is N[C@H]1CC[C@@H](Oc2cc(OCCF)ccc2C(=O)Nc2cccnc2C(=O)Nc2ccc(Cl)cn2)CC1. The third-order valence-corrected chi connectivity index (χ3v) is 6.02. The zero-order valence-electron chi connectivity index (χ0n) is 20.0. The lowest BCUT2D eigenvalue weighted by Gasteiger charge is -2.27. The fourth-order valence-electron chi connectivity index (χ4n) is 3.92. The number of halogens is 2. The minimum absolute atomic E-state index is 0.000708. The van der Waals surface area contributed by atoms with Gasteiger partial charge in [-0.1, -0.05) is 11.6 Å². The Balaban J connectivity index is 1.54. The van der Waals surface area contributed by atoms with Crippen LogP contribution in [0.2, 0.25) is 5.02 Å². The van der Waals surface area contributed by atoms with E-state index in [-0.39, 0.29) is 41.5 Å². The summed E-state index contributed by atoms with van der Waals surface area (Å²) in [4.78, 5) is 34.4. The van der Waals surface area contributed by atoms with Crippen LogP contribution in [0.4, 0.5) is 15.9 Å². The molecule has 3 aromatic rings. The number of ether oxygens (including phenoxy) is 2. The standard InChI is InChI=1S/C26H27ClFN5O4/c27-16-3-10-23(31-15-16)33-26(35)24-21(2-1-12-30-24)32-25(34)20-9-8-19(36-13-11-28)14-22(20)37-18-6-4-17(29)5-7-18/h1-3,8-10,12,14-15,17-18H,4-7,11,13,29H2,(H,32,34)(H,31,33,35)/t17-,18+. The van der Waals surface area contributed by atoms with Crippen molar-refractivity contribution in [1.29, 1.82) is 0 Å². The van der Waals surface area contributed by atoms with Gasteiger partial charge in [0.1, 0.15) is 30.6 Å². The van der Waals surface area contributed by atoms with Crippen molar-refractivity contribution in [2.24, 2.45) is 5.73 Å². The van der Waals surface area contributed by atoms with E-state index in [0.717, 1.165) is 25.7 Å². The second-order valence-corrected chi connectivity index (χ2v) is 8.96. The van der Waals surface area contributed by atoms with Gasteiger partial charge in [-0.3, -0.25) is 9.59 Å². The van der Waals surface area contributed by atoms with Gasteiger partial charge < -0.3 is 25.8 Å². The molecule has 9 nitrogen and oxygen atoms in total. The maximum absolute atomic E-state index is 13.3. The molecular weight excluding hydrogens is 501 g/mol. The number of nitrogens with zero attached hydrogens (tertiary/aromatic N) is 2. The van der Waals surface area contributed by atoms with Crippen LogP contribution < -0.4 is 25.8 Å². The Labute approximate surface area is 218 Å². The quantitative estimate of drug-likeness (QED) is 0.370. The third kappa shape index (κ3) is 7.14. The zero-order valence-corrected chi connectivity index (χ0v) is 20.7. The highest BCUT2D eigenvalue weighted by Crippen LogP contribution is 2.30. The Morgan fingerprint density at radius 2 is 1.86 bits per heavy atom. The smallest absolute Gasteiger partial charge is 0.277 e. The van der Waals surface area contributed by atoms with Crippen molar-refractivity contribution in [2.45, 2.75) is 37.8 Å². The van der Waals surface area contributed by atoms with Gasteiger partial charge in [-0.2, -0.15) is 0 Å². The molecule has 0 atom stereocenters. The van der Waals surface area contributed by atoms with E-state index in [2.05, 4.69) is 20.6 Å². The summed E-state index contributed by atoms with van der Waals surface area (Å²) in [5.74, 6) is -0.103. The first-order valence-corrected chi connectivity index (χ1v) is 12.2. The lowest BCUT2D eigenvalue weighted by Crippen LogP contribution is -2.32. The molecule has 1 aromatic carbocycles. The number of alkyl halides is 1. The first-order chi connectivity index (χ1) is 17.9. The van der Waals surface area contributed by atoms with Gasteiger partial charge >= 0.3 is 0 Å². The lowest BCUT2D eigenvalue weighted by molar-refractivity contribution is 0.101. The number of carbonyl (C=O) groups excluding carboxylic acids is 2. The van der Waals surface area contributed by atoms with E-state index in [1.54, 1.807) is 42.5 Å². The molecule has 4 N–H and O–H groups in total. The topological polar surface area (TPSA) is 128 Å². The summed E-state index contributed by atoms with van der Waals surface area (Å²) in [6.45, 7) is -0.754. The summed E-state index contributed by atoms with van der Waals surface area (Å²) >= 11 is 5.85. The average Bonchev–Trinajstić information content (AvgIpc) is 2.90. The number of anilines is 2. The number of carbonyl (C=O) groups is 2. The van der Waals surface area contributed by atoms with Crippen LogP contribution in [-0.2, 0) is 0 Å². The maximum Gasteiger partial charge on any atom is 0.277 e. The molecule has 2 amide bonds. The maximum atomic E-state index is 13.3. The second kappa shape index (κ2) is 12.5. The van der Waals surface area contributed by atoms with E-state index in [9.17, 15) is 14.0 Å². The Bertz CT molecular complexity index is 1240. The van der Waals surface area contributed by atoms with E-state index in [4.69, 9.17) is 26.8 Å². The number of hydrogen-bond donors (Lipinski definition) is 3. The average molecular weight is 528 g/mol. The molecule has 1 aliphatic rings. The number of nitrogens with one attached hydrogen (secondary N) is 2. The minimum Gasteiger partial charge on any atom is -0.491 e. The van der Waals surface area contributed by atoms with Gasteiger partial charge in [0.25, 0.3) is 11.8 Å². The van der Waals surface area contributed by atoms with Gasteiger partial charge in [-0.15, -0.1) is 0 Å². The highest BCUT2D eigenvalue weighted by molar-refractivity contribution is 6.30. The highest BCUT2D eigenvalue weighted by atomic mass is 35.5. The van der Waals surface area contributed by atoms with Crippen molar-refractivity contribution in [3.05, 3.63) is 71.1 Å². The number of aromatic nitrogens is 2. The third-order valence-electron chi connectivity index (χ3n) is 5.80. The Morgan fingerprint density at radius 1 is 1.05 bits per heavy atom. The summed E-state index contributed by atoms with van der Waals surface area (Å²) < 4.78 is 24.2. The number of rotatable bonds is 9. The molecule has 0 radical (unpaired) electrons. The molecule has 0 unspecified atom stereocenters. The zero-order chi connectivity index (χ0) is 26.2. The Hall–Kier alpha value is -3.76. The summed E-state index contributed by atoms with van der Waals surface area (Å²) in [6.07, 6.45) is 5.88. The predicted octanol–water partition coefficient (Wildman–Crippen LogP) is 4.63. The van der Waals surface area contributed by atoms with Gasteiger partial charge in [-0.05, 0) is 62.1 Å². The predicted molar refractivity (Wildman–Crippen MR) is 138 cm³/mol. The molecule has 11 heteroatoms.